The first-order chi connectivity index (χ1) is 9.28. The number of hydrogen-bond acceptors (Lipinski definition) is 3. The standard InChI is InChI=1S/C14H12N4O/c15-7-12-3-1-11(2-4-12)5-6-14(19)16-8-13-9-17-18-10-13/h1-6,9-10H,8H2,(H,16,19)(H,17,18)/b6-5+. The van der Waals surface area contributed by atoms with Gasteiger partial charge in [-0.3, -0.25) is 9.89 Å². The Hall–Kier alpha value is -2.87. The summed E-state index contributed by atoms with van der Waals surface area (Å²) in [6.45, 7) is 0.438. The number of hydrogen-bond donors (Lipinski definition) is 2. The van der Waals surface area contributed by atoms with Crippen molar-refractivity contribution in [2.75, 3.05) is 0 Å². The first-order valence-corrected chi connectivity index (χ1v) is 5.71. The molecule has 94 valence electrons. The molecule has 2 N–H and O–H groups in total. The molecule has 0 bridgehead atoms. The molecule has 1 aromatic heterocycles. The molecule has 0 spiro atoms. The maximum Gasteiger partial charge on any atom is 0.244 e. The molecule has 0 aliphatic rings. The minimum Gasteiger partial charge on any atom is -0.348 e. The Bertz CT molecular complexity index is 606. The molecule has 5 heteroatoms. The summed E-state index contributed by atoms with van der Waals surface area (Å²) in [6, 6.07) is 9.05. The Kier molecular flexibility index (Phi) is 4.09. The van der Waals surface area contributed by atoms with Gasteiger partial charge in [-0.05, 0) is 23.8 Å². The van der Waals surface area contributed by atoms with Gasteiger partial charge >= 0.3 is 0 Å². The number of amides is 1. The van der Waals surface area contributed by atoms with Crippen LogP contribution in [0.15, 0.2) is 42.7 Å². The van der Waals surface area contributed by atoms with Gasteiger partial charge in [-0.15, -0.1) is 0 Å². The zero-order valence-electron chi connectivity index (χ0n) is 10.1. The number of carbonyl (C=O) groups is 1. The zero-order chi connectivity index (χ0) is 13.5. The molecule has 0 radical (unpaired) electrons. The highest BCUT2D eigenvalue weighted by molar-refractivity contribution is 5.91. The number of nitriles is 1. The molecule has 2 rings (SSSR count). The maximum atomic E-state index is 11.6. The van der Waals surface area contributed by atoms with Crippen molar-refractivity contribution in [3.05, 3.63) is 59.4 Å². The third-order valence-electron chi connectivity index (χ3n) is 2.49. The van der Waals surface area contributed by atoms with E-state index in [2.05, 4.69) is 15.5 Å². The van der Waals surface area contributed by atoms with E-state index in [-0.39, 0.29) is 5.91 Å². The summed E-state index contributed by atoms with van der Waals surface area (Å²) in [5, 5.41) is 17.9. The summed E-state index contributed by atoms with van der Waals surface area (Å²) in [6.07, 6.45) is 6.54. The van der Waals surface area contributed by atoms with Crippen LogP contribution in [0.3, 0.4) is 0 Å². The van der Waals surface area contributed by atoms with E-state index < -0.39 is 0 Å². The SMILES string of the molecule is N#Cc1ccc(/C=C/C(=O)NCc2cn[nH]c2)cc1. The summed E-state index contributed by atoms with van der Waals surface area (Å²) in [5.74, 6) is -0.175. The van der Waals surface area contributed by atoms with Crippen molar-refractivity contribution in [2.24, 2.45) is 0 Å². The summed E-state index contributed by atoms with van der Waals surface area (Å²) in [4.78, 5) is 11.6. The normalized spacial score (nSPS) is 10.3. The van der Waals surface area contributed by atoms with Crippen LogP contribution in [-0.2, 0) is 11.3 Å². The Morgan fingerprint density at radius 3 is 2.84 bits per heavy atom. The number of H-pyrrole nitrogens is 1. The van der Waals surface area contributed by atoms with E-state index in [0.29, 0.717) is 12.1 Å². The smallest absolute Gasteiger partial charge is 0.244 e. The summed E-state index contributed by atoms with van der Waals surface area (Å²) in [5.41, 5.74) is 2.39. The van der Waals surface area contributed by atoms with Crippen LogP contribution in [0.25, 0.3) is 6.08 Å². The highest BCUT2D eigenvalue weighted by Gasteiger charge is 1.97. The van der Waals surface area contributed by atoms with Crippen LogP contribution in [0.5, 0.6) is 0 Å². The molecule has 2 aromatic rings. The molecular weight excluding hydrogens is 240 g/mol. The van der Waals surface area contributed by atoms with Gasteiger partial charge in [-0.1, -0.05) is 12.1 Å². The molecule has 0 atom stereocenters. The van der Waals surface area contributed by atoms with Crippen molar-refractivity contribution in [3.8, 4) is 6.07 Å². The van der Waals surface area contributed by atoms with Gasteiger partial charge < -0.3 is 5.32 Å². The van der Waals surface area contributed by atoms with Crippen molar-refractivity contribution in [1.29, 1.82) is 5.26 Å². The molecule has 0 aliphatic heterocycles. The van der Waals surface area contributed by atoms with E-state index >= 15 is 0 Å². The summed E-state index contributed by atoms with van der Waals surface area (Å²) in [7, 11) is 0. The van der Waals surface area contributed by atoms with Gasteiger partial charge in [0.25, 0.3) is 0 Å². The van der Waals surface area contributed by atoms with Crippen molar-refractivity contribution >= 4 is 12.0 Å². The predicted octanol–water partition coefficient (Wildman–Crippen LogP) is 1.61. The molecule has 1 amide bonds. The number of carbonyl (C=O) groups excluding carboxylic acids is 1. The lowest BCUT2D eigenvalue weighted by Crippen LogP contribution is -2.19. The Labute approximate surface area is 110 Å². The van der Waals surface area contributed by atoms with Gasteiger partial charge in [0.2, 0.25) is 5.91 Å². The van der Waals surface area contributed by atoms with Crippen molar-refractivity contribution in [3.63, 3.8) is 0 Å². The fourth-order valence-corrected chi connectivity index (χ4v) is 1.46. The van der Waals surface area contributed by atoms with Crippen LogP contribution >= 0.6 is 0 Å². The molecule has 19 heavy (non-hydrogen) atoms. The van der Waals surface area contributed by atoms with Gasteiger partial charge in [-0.25, -0.2) is 0 Å². The lowest BCUT2D eigenvalue weighted by molar-refractivity contribution is -0.116. The maximum absolute atomic E-state index is 11.6. The first-order valence-electron chi connectivity index (χ1n) is 5.71. The fourth-order valence-electron chi connectivity index (χ4n) is 1.46. The second-order valence-corrected chi connectivity index (χ2v) is 3.89. The van der Waals surface area contributed by atoms with Crippen LogP contribution in [0.2, 0.25) is 0 Å². The third kappa shape index (κ3) is 3.82. The second kappa shape index (κ2) is 6.17. The molecule has 0 saturated carbocycles. The molecule has 5 nitrogen and oxygen atoms in total. The first kappa shape index (κ1) is 12.6. The minimum absolute atomic E-state index is 0.175. The molecular formula is C14H12N4O. The van der Waals surface area contributed by atoms with E-state index in [1.165, 1.54) is 6.08 Å². The molecule has 0 saturated heterocycles. The number of rotatable bonds is 4. The van der Waals surface area contributed by atoms with Crippen LogP contribution < -0.4 is 5.32 Å². The number of nitrogens with zero attached hydrogens (tertiary/aromatic N) is 2. The number of nitrogens with one attached hydrogen (secondary N) is 2. The lowest BCUT2D eigenvalue weighted by Gasteiger charge is -1.98. The van der Waals surface area contributed by atoms with Crippen LogP contribution in [0, 0.1) is 11.3 Å². The van der Waals surface area contributed by atoms with Crippen molar-refractivity contribution < 1.29 is 4.79 Å². The largest absolute Gasteiger partial charge is 0.348 e. The predicted molar refractivity (Wildman–Crippen MR) is 70.6 cm³/mol. The number of aromatic amines is 1. The van der Waals surface area contributed by atoms with Crippen LogP contribution in [0.1, 0.15) is 16.7 Å². The average Bonchev–Trinajstić information content (AvgIpc) is 2.96. The summed E-state index contributed by atoms with van der Waals surface area (Å²) < 4.78 is 0. The van der Waals surface area contributed by atoms with E-state index in [0.717, 1.165) is 11.1 Å². The number of benzene rings is 1. The molecule has 0 unspecified atom stereocenters. The van der Waals surface area contributed by atoms with Crippen molar-refractivity contribution in [1.82, 2.24) is 15.5 Å². The molecule has 1 aromatic carbocycles. The van der Waals surface area contributed by atoms with Gasteiger partial charge in [0.05, 0.1) is 17.8 Å². The highest BCUT2D eigenvalue weighted by Crippen LogP contribution is 2.05. The Morgan fingerprint density at radius 2 is 2.21 bits per heavy atom. The van der Waals surface area contributed by atoms with Gasteiger partial charge in [0.1, 0.15) is 0 Å². The minimum atomic E-state index is -0.175. The highest BCUT2D eigenvalue weighted by atomic mass is 16.1. The van der Waals surface area contributed by atoms with E-state index in [1.807, 2.05) is 6.07 Å². The van der Waals surface area contributed by atoms with Crippen molar-refractivity contribution in [2.45, 2.75) is 6.54 Å². The second-order valence-electron chi connectivity index (χ2n) is 3.89. The van der Waals surface area contributed by atoms with E-state index in [4.69, 9.17) is 5.26 Å². The Morgan fingerprint density at radius 1 is 1.42 bits per heavy atom. The molecule has 1 heterocycles. The lowest BCUT2D eigenvalue weighted by atomic mass is 10.1. The van der Waals surface area contributed by atoms with Gasteiger partial charge in [-0.2, -0.15) is 10.4 Å². The monoisotopic (exact) mass is 252 g/mol. The quantitative estimate of drug-likeness (QED) is 0.811. The Balaban J connectivity index is 1.87. The van der Waals surface area contributed by atoms with Gasteiger partial charge in [0, 0.05) is 24.4 Å². The van der Waals surface area contributed by atoms with E-state index in [9.17, 15) is 4.79 Å². The zero-order valence-corrected chi connectivity index (χ0v) is 10.1. The molecule has 0 fully saturated rings. The van der Waals surface area contributed by atoms with Gasteiger partial charge in [0.15, 0.2) is 0 Å². The topological polar surface area (TPSA) is 81.6 Å². The van der Waals surface area contributed by atoms with Crippen LogP contribution in [0.4, 0.5) is 0 Å². The summed E-state index contributed by atoms with van der Waals surface area (Å²) >= 11 is 0. The average molecular weight is 252 g/mol. The third-order valence-corrected chi connectivity index (χ3v) is 2.49. The number of aromatic nitrogens is 2. The van der Waals surface area contributed by atoms with Crippen LogP contribution in [-0.4, -0.2) is 16.1 Å². The fraction of sp³-hybridized carbons (Fsp3) is 0.0714. The van der Waals surface area contributed by atoms with E-state index in [1.54, 1.807) is 42.7 Å². The molecule has 0 aliphatic carbocycles.